The van der Waals surface area contributed by atoms with Gasteiger partial charge in [0.05, 0.1) is 23.1 Å². The van der Waals surface area contributed by atoms with Crippen LogP contribution in [0.5, 0.6) is 11.5 Å². The van der Waals surface area contributed by atoms with E-state index in [1.807, 2.05) is 72.8 Å². The Morgan fingerprint density at radius 1 is 0.511 bits per heavy atom. The number of ether oxygens (including phenoxy) is 2. The highest BCUT2D eigenvalue weighted by Gasteiger charge is 2.37. The molecular formula is C36H34N2O6S. The molecule has 9 heteroatoms. The molecule has 0 saturated carbocycles. The molecule has 45 heavy (non-hydrogen) atoms. The SMILES string of the molecule is CCCCOc1ccc(-c2ccc(-c3sc(-c4ccc(-c5ccc(OCCCC)cc5)cc4)c([N+](=O)[O-])c3[N+](=O)[O-])cc2)cc1. The molecule has 230 valence electrons. The number of benzene rings is 4. The lowest BCUT2D eigenvalue weighted by atomic mass is 10.0. The van der Waals surface area contributed by atoms with Crippen LogP contribution in [0.15, 0.2) is 97.1 Å². The molecule has 0 saturated heterocycles. The summed E-state index contributed by atoms with van der Waals surface area (Å²) in [6.45, 7) is 5.57. The van der Waals surface area contributed by atoms with E-state index in [2.05, 4.69) is 13.8 Å². The van der Waals surface area contributed by atoms with Crippen molar-refractivity contribution in [2.24, 2.45) is 0 Å². The zero-order valence-corrected chi connectivity index (χ0v) is 26.0. The van der Waals surface area contributed by atoms with Crippen LogP contribution in [0, 0.1) is 20.2 Å². The first-order valence-electron chi connectivity index (χ1n) is 15.0. The molecule has 5 rings (SSSR count). The average molecular weight is 623 g/mol. The maximum absolute atomic E-state index is 12.2. The molecule has 0 spiro atoms. The van der Waals surface area contributed by atoms with Crippen LogP contribution < -0.4 is 9.47 Å². The molecule has 0 radical (unpaired) electrons. The third kappa shape index (κ3) is 7.38. The molecule has 1 heterocycles. The van der Waals surface area contributed by atoms with E-state index in [0.717, 1.165) is 70.8 Å². The molecule has 0 N–H and O–H groups in total. The summed E-state index contributed by atoms with van der Waals surface area (Å²) in [6.07, 6.45) is 4.11. The van der Waals surface area contributed by atoms with Crippen molar-refractivity contribution < 1.29 is 19.3 Å². The summed E-state index contributed by atoms with van der Waals surface area (Å²) >= 11 is 1.06. The highest BCUT2D eigenvalue weighted by atomic mass is 32.1. The Bertz CT molecular complexity index is 1620. The minimum absolute atomic E-state index is 0.246. The Labute approximate surface area is 266 Å². The molecule has 0 fully saturated rings. The molecule has 0 aliphatic rings. The van der Waals surface area contributed by atoms with Crippen molar-refractivity contribution in [1.82, 2.24) is 0 Å². The van der Waals surface area contributed by atoms with Gasteiger partial charge < -0.3 is 9.47 Å². The number of hydrogen-bond donors (Lipinski definition) is 0. The normalized spacial score (nSPS) is 10.9. The summed E-state index contributed by atoms with van der Waals surface area (Å²) in [5, 5.41) is 24.4. The molecule has 8 nitrogen and oxygen atoms in total. The molecule has 0 aliphatic carbocycles. The van der Waals surface area contributed by atoms with Crippen LogP contribution in [0.4, 0.5) is 11.4 Å². The van der Waals surface area contributed by atoms with Gasteiger partial charge in [-0.05, 0) is 70.5 Å². The van der Waals surface area contributed by atoms with Crippen LogP contribution in [-0.2, 0) is 0 Å². The van der Waals surface area contributed by atoms with E-state index in [1.54, 1.807) is 24.3 Å². The summed E-state index contributed by atoms with van der Waals surface area (Å²) in [6, 6.07) is 30.1. The van der Waals surface area contributed by atoms with E-state index in [0.29, 0.717) is 24.3 Å². The van der Waals surface area contributed by atoms with E-state index in [1.165, 1.54) is 0 Å². The monoisotopic (exact) mass is 622 g/mol. The summed E-state index contributed by atoms with van der Waals surface area (Å²) in [4.78, 5) is 23.6. The van der Waals surface area contributed by atoms with Gasteiger partial charge in [0.2, 0.25) is 0 Å². The zero-order chi connectivity index (χ0) is 31.8. The smallest absolute Gasteiger partial charge is 0.365 e. The largest absolute Gasteiger partial charge is 0.494 e. The summed E-state index contributed by atoms with van der Waals surface area (Å²) in [5.41, 5.74) is 3.87. The summed E-state index contributed by atoms with van der Waals surface area (Å²) < 4.78 is 11.5. The van der Waals surface area contributed by atoms with Crippen molar-refractivity contribution in [1.29, 1.82) is 0 Å². The molecule has 0 unspecified atom stereocenters. The molecule has 0 atom stereocenters. The maximum atomic E-state index is 12.2. The third-order valence-corrected chi connectivity index (χ3v) is 8.69. The van der Waals surface area contributed by atoms with Crippen molar-refractivity contribution in [3.63, 3.8) is 0 Å². The molecular weight excluding hydrogens is 588 g/mol. The van der Waals surface area contributed by atoms with Gasteiger partial charge in [0, 0.05) is 0 Å². The van der Waals surface area contributed by atoms with Gasteiger partial charge >= 0.3 is 11.4 Å². The fourth-order valence-electron chi connectivity index (χ4n) is 4.93. The van der Waals surface area contributed by atoms with Crippen LogP contribution in [0.25, 0.3) is 43.1 Å². The van der Waals surface area contributed by atoms with Crippen LogP contribution in [-0.4, -0.2) is 23.1 Å². The fraction of sp³-hybridized carbons (Fsp3) is 0.222. The number of nitro groups is 2. The average Bonchev–Trinajstić information content (AvgIpc) is 3.48. The van der Waals surface area contributed by atoms with Crippen molar-refractivity contribution in [2.75, 3.05) is 13.2 Å². The van der Waals surface area contributed by atoms with E-state index < -0.39 is 21.2 Å². The van der Waals surface area contributed by atoms with Gasteiger partial charge in [0.25, 0.3) is 0 Å². The minimum Gasteiger partial charge on any atom is -0.494 e. The van der Waals surface area contributed by atoms with Gasteiger partial charge in [-0.1, -0.05) is 99.5 Å². The maximum Gasteiger partial charge on any atom is 0.365 e. The number of rotatable bonds is 14. The number of hydrogen-bond acceptors (Lipinski definition) is 7. The van der Waals surface area contributed by atoms with Crippen LogP contribution in [0.1, 0.15) is 39.5 Å². The molecule has 0 aliphatic heterocycles. The Morgan fingerprint density at radius 2 is 0.800 bits per heavy atom. The third-order valence-electron chi connectivity index (χ3n) is 7.43. The Morgan fingerprint density at radius 3 is 1.09 bits per heavy atom. The van der Waals surface area contributed by atoms with Crippen LogP contribution >= 0.6 is 11.3 Å². The first-order chi connectivity index (χ1) is 21.9. The summed E-state index contributed by atoms with van der Waals surface area (Å²) in [5.74, 6) is 1.60. The Balaban J connectivity index is 1.41. The van der Waals surface area contributed by atoms with Crippen LogP contribution in [0.2, 0.25) is 0 Å². The van der Waals surface area contributed by atoms with E-state index in [-0.39, 0.29) is 9.75 Å². The molecule has 1 aromatic heterocycles. The lowest BCUT2D eigenvalue weighted by Gasteiger charge is -2.07. The van der Waals surface area contributed by atoms with Gasteiger partial charge in [-0.3, -0.25) is 20.2 Å². The second-order valence-corrected chi connectivity index (χ2v) is 11.6. The Hall–Kier alpha value is -5.02. The first-order valence-corrected chi connectivity index (χ1v) is 15.8. The van der Waals surface area contributed by atoms with Gasteiger partial charge in [0.15, 0.2) is 0 Å². The zero-order valence-electron chi connectivity index (χ0n) is 25.2. The van der Waals surface area contributed by atoms with E-state index >= 15 is 0 Å². The van der Waals surface area contributed by atoms with Crippen molar-refractivity contribution in [3.8, 4) is 54.6 Å². The number of nitrogens with zero attached hydrogens (tertiary/aromatic N) is 2. The standard InChI is InChI=1S/C36H34N2O6S/c1-3-5-23-43-31-19-15-27(16-20-31)25-7-11-29(12-8-25)35-33(37(39)40)34(38(41)42)36(45-35)30-13-9-26(10-14-30)28-17-21-32(22-18-28)44-24-6-4-2/h7-22H,3-6,23-24H2,1-2H3. The van der Waals surface area contributed by atoms with Crippen molar-refractivity contribution in [3.05, 3.63) is 117 Å². The predicted molar refractivity (Wildman–Crippen MR) is 180 cm³/mol. The fourth-order valence-corrected chi connectivity index (χ4v) is 6.18. The number of unbranched alkanes of at least 4 members (excludes halogenated alkanes) is 2. The van der Waals surface area contributed by atoms with Gasteiger partial charge in [-0.15, -0.1) is 11.3 Å². The molecule has 0 bridgehead atoms. The predicted octanol–water partition coefficient (Wildman–Crippen LogP) is 10.6. The topological polar surface area (TPSA) is 105 Å². The molecule has 4 aromatic carbocycles. The second kappa shape index (κ2) is 14.6. The summed E-state index contributed by atoms with van der Waals surface area (Å²) in [7, 11) is 0. The Kier molecular flexibility index (Phi) is 10.2. The van der Waals surface area contributed by atoms with Crippen LogP contribution in [0.3, 0.4) is 0 Å². The molecule has 0 amide bonds. The van der Waals surface area contributed by atoms with E-state index in [9.17, 15) is 20.2 Å². The van der Waals surface area contributed by atoms with Gasteiger partial charge in [-0.2, -0.15) is 0 Å². The van der Waals surface area contributed by atoms with Crippen molar-refractivity contribution >= 4 is 22.7 Å². The van der Waals surface area contributed by atoms with E-state index in [4.69, 9.17) is 9.47 Å². The molecule has 5 aromatic rings. The minimum atomic E-state index is -0.656. The van der Waals surface area contributed by atoms with Gasteiger partial charge in [0.1, 0.15) is 21.3 Å². The number of thiophene rings is 1. The van der Waals surface area contributed by atoms with Crippen molar-refractivity contribution in [2.45, 2.75) is 39.5 Å². The lowest BCUT2D eigenvalue weighted by molar-refractivity contribution is -0.420. The van der Waals surface area contributed by atoms with Gasteiger partial charge in [-0.25, -0.2) is 0 Å². The lowest BCUT2D eigenvalue weighted by Crippen LogP contribution is -1.96. The second-order valence-electron chi connectivity index (χ2n) is 10.6. The first kappa shape index (κ1) is 31.4. The quantitative estimate of drug-likeness (QED) is 0.0693. The highest BCUT2D eigenvalue weighted by molar-refractivity contribution is 7.20. The highest BCUT2D eigenvalue weighted by Crippen LogP contribution is 2.51.